The van der Waals surface area contributed by atoms with Crippen molar-refractivity contribution in [2.45, 2.75) is 20.3 Å². The van der Waals surface area contributed by atoms with Gasteiger partial charge in [0.15, 0.2) is 11.5 Å². The second-order valence-corrected chi connectivity index (χ2v) is 4.42. The number of ether oxygens (including phenoxy) is 2. The first-order valence-electron chi connectivity index (χ1n) is 5.37. The molecule has 1 aromatic carbocycles. The normalized spacial score (nSPS) is 16.9. The van der Waals surface area contributed by atoms with E-state index in [1.807, 2.05) is 6.07 Å². The van der Waals surface area contributed by atoms with Crippen LogP contribution in [0.4, 0.5) is 0 Å². The Morgan fingerprint density at radius 2 is 2.07 bits per heavy atom. The molecular formula is C13H14O2. The molecule has 0 atom stereocenters. The Morgan fingerprint density at radius 3 is 2.87 bits per heavy atom. The molecule has 2 nitrogen and oxygen atoms in total. The molecule has 3 rings (SSSR count). The summed E-state index contributed by atoms with van der Waals surface area (Å²) in [5.41, 5.74) is 4.07. The molecule has 0 aromatic heterocycles. The van der Waals surface area contributed by atoms with Gasteiger partial charge >= 0.3 is 0 Å². The fourth-order valence-corrected chi connectivity index (χ4v) is 2.17. The van der Waals surface area contributed by atoms with Gasteiger partial charge in [0.1, 0.15) is 0 Å². The Bertz CT molecular complexity index is 444. The van der Waals surface area contributed by atoms with Crippen LogP contribution in [0.3, 0.4) is 0 Å². The number of fused-ring (bicyclic) bond motifs is 3. The van der Waals surface area contributed by atoms with Crippen LogP contribution in [0, 0.1) is 5.92 Å². The first-order chi connectivity index (χ1) is 7.25. The lowest BCUT2D eigenvalue weighted by atomic mass is 10.0. The van der Waals surface area contributed by atoms with Gasteiger partial charge in [-0.1, -0.05) is 31.6 Å². The molecule has 1 aliphatic heterocycles. The summed E-state index contributed by atoms with van der Waals surface area (Å²) in [6.45, 7) is 4.82. The van der Waals surface area contributed by atoms with E-state index in [4.69, 9.17) is 9.47 Å². The van der Waals surface area contributed by atoms with Gasteiger partial charge in [0.2, 0.25) is 6.79 Å². The summed E-state index contributed by atoms with van der Waals surface area (Å²) in [5.74, 6) is 2.42. The Balaban J connectivity index is 2.10. The number of allylic oxidation sites excluding steroid dienone is 1. The van der Waals surface area contributed by atoms with Crippen molar-refractivity contribution in [1.82, 2.24) is 0 Å². The third-order valence-electron chi connectivity index (χ3n) is 3.13. The predicted octanol–water partition coefficient (Wildman–Crippen LogP) is 3.01. The molecule has 1 aromatic rings. The number of hydrogen-bond acceptors (Lipinski definition) is 2. The molecule has 1 aliphatic carbocycles. The van der Waals surface area contributed by atoms with Gasteiger partial charge in [-0.05, 0) is 24.0 Å². The van der Waals surface area contributed by atoms with Crippen LogP contribution in [-0.2, 0) is 6.42 Å². The van der Waals surface area contributed by atoms with E-state index in [-0.39, 0.29) is 0 Å². The van der Waals surface area contributed by atoms with Gasteiger partial charge in [-0.2, -0.15) is 0 Å². The van der Waals surface area contributed by atoms with Crippen LogP contribution in [0.2, 0.25) is 0 Å². The molecule has 0 radical (unpaired) electrons. The van der Waals surface area contributed by atoms with Crippen LogP contribution in [0.1, 0.15) is 25.0 Å². The minimum Gasteiger partial charge on any atom is -0.454 e. The van der Waals surface area contributed by atoms with Crippen molar-refractivity contribution in [2.75, 3.05) is 6.79 Å². The molecule has 15 heavy (non-hydrogen) atoms. The molecule has 2 aliphatic rings. The van der Waals surface area contributed by atoms with E-state index in [9.17, 15) is 0 Å². The summed E-state index contributed by atoms with van der Waals surface area (Å²) in [4.78, 5) is 0. The van der Waals surface area contributed by atoms with Crippen LogP contribution in [0.5, 0.6) is 11.5 Å². The van der Waals surface area contributed by atoms with E-state index < -0.39 is 0 Å². The van der Waals surface area contributed by atoms with Gasteiger partial charge in [0, 0.05) is 5.56 Å². The first kappa shape index (κ1) is 8.84. The van der Waals surface area contributed by atoms with Crippen molar-refractivity contribution in [1.29, 1.82) is 0 Å². The van der Waals surface area contributed by atoms with Crippen molar-refractivity contribution >= 4 is 6.08 Å². The lowest BCUT2D eigenvalue weighted by Gasteiger charge is -2.04. The summed E-state index contributed by atoms with van der Waals surface area (Å²) in [6, 6.07) is 4.16. The van der Waals surface area contributed by atoms with Gasteiger partial charge in [-0.15, -0.1) is 0 Å². The Kier molecular flexibility index (Phi) is 1.78. The predicted molar refractivity (Wildman–Crippen MR) is 59.1 cm³/mol. The van der Waals surface area contributed by atoms with Crippen LogP contribution < -0.4 is 9.47 Å². The topological polar surface area (TPSA) is 18.5 Å². The number of benzene rings is 1. The average Bonchev–Trinajstić information content (AvgIpc) is 2.82. The molecule has 0 N–H and O–H groups in total. The van der Waals surface area contributed by atoms with Crippen molar-refractivity contribution in [2.24, 2.45) is 5.92 Å². The first-order valence-corrected chi connectivity index (χ1v) is 5.37. The van der Waals surface area contributed by atoms with Crippen molar-refractivity contribution in [3.8, 4) is 11.5 Å². The van der Waals surface area contributed by atoms with E-state index in [0.29, 0.717) is 12.7 Å². The quantitative estimate of drug-likeness (QED) is 0.697. The molecule has 0 fully saturated rings. The third kappa shape index (κ3) is 1.24. The second-order valence-electron chi connectivity index (χ2n) is 4.42. The van der Waals surface area contributed by atoms with E-state index in [1.54, 1.807) is 0 Å². The van der Waals surface area contributed by atoms with Crippen LogP contribution in [0.15, 0.2) is 17.7 Å². The number of hydrogen-bond donors (Lipinski definition) is 0. The lowest BCUT2D eigenvalue weighted by Crippen LogP contribution is -1.93. The summed E-state index contributed by atoms with van der Waals surface area (Å²) < 4.78 is 10.9. The standard InChI is InChI=1S/C13H14O2/c1-8(2)10-5-9-3-4-12-13(11(9)6-10)15-7-14-12/h3-4,6,8H,5,7H2,1-2H3. The summed E-state index contributed by atoms with van der Waals surface area (Å²) in [5, 5.41) is 0. The fourth-order valence-electron chi connectivity index (χ4n) is 2.17. The maximum Gasteiger partial charge on any atom is 0.231 e. The molecule has 0 amide bonds. The minimum atomic E-state index is 0.358. The fraction of sp³-hybridized carbons (Fsp3) is 0.385. The molecule has 1 heterocycles. The van der Waals surface area contributed by atoms with Crippen molar-refractivity contribution in [3.05, 3.63) is 28.8 Å². The van der Waals surface area contributed by atoms with Crippen molar-refractivity contribution < 1.29 is 9.47 Å². The zero-order valence-corrected chi connectivity index (χ0v) is 9.04. The zero-order chi connectivity index (χ0) is 10.4. The van der Waals surface area contributed by atoms with E-state index in [1.165, 1.54) is 16.7 Å². The number of rotatable bonds is 1. The molecule has 0 unspecified atom stereocenters. The third-order valence-corrected chi connectivity index (χ3v) is 3.13. The van der Waals surface area contributed by atoms with Gasteiger partial charge in [-0.3, -0.25) is 0 Å². The van der Waals surface area contributed by atoms with Crippen molar-refractivity contribution in [3.63, 3.8) is 0 Å². The van der Waals surface area contributed by atoms with Crippen LogP contribution in [0.25, 0.3) is 6.08 Å². The highest BCUT2D eigenvalue weighted by molar-refractivity contribution is 5.73. The summed E-state index contributed by atoms with van der Waals surface area (Å²) in [6.07, 6.45) is 3.32. The maximum absolute atomic E-state index is 5.50. The molecule has 2 heteroatoms. The largest absolute Gasteiger partial charge is 0.454 e. The minimum absolute atomic E-state index is 0.358. The molecule has 78 valence electrons. The molecular weight excluding hydrogens is 188 g/mol. The molecule has 0 saturated carbocycles. The smallest absolute Gasteiger partial charge is 0.231 e. The van der Waals surface area contributed by atoms with E-state index in [0.717, 1.165) is 17.9 Å². The maximum atomic E-state index is 5.50. The Labute approximate surface area is 89.5 Å². The van der Waals surface area contributed by atoms with Crippen LogP contribution >= 0.6 is 0 Å². The Morgan fingerprint density at radius 1 is 1.20 bits per heavy atom. The van der Waals surface area contributed by atoms with Gasteiger partial charge in [0.25, 0.3) is 0 Å². The lowest BCUT2D eigenvalue weighted by molar-refractivity contribution is 0.174. The monoisotopic (exact) mass is 202 g/mol. The van der Waals surface area contributed by atoms with Gasteiger partial charge < -0.3 is 9.47 Å². The highest BCUT2D eigenvalue weighted by Crippen LogP contribution is 2.43. The van der Waals surface area contributed by atoms with Gasteiger partial charge in [-0.25, -0.2) is 0 Å². The Hall–Kier alpha value is -1.44. The second kappa shape index (κ2) is 3.02. The highest BCUT2D eigenvalue weighted by Gasteiger charge is 2.24. The van der Waals surface area contributed by atoms with Gasteiger partial charge in [0.05, 0.1) is 0 Å². The SMILES string of the molecule is CC(C)C1=Cc2c(ccc3c2OCO3)C1. The highest BCUT2D eigenvalue weighted by atomic mass is 16.7. The summed E-state index contributed by atoms with van der Waals surface area (Å²) in [7, 11) is 0. The molecule has 0 bridgehead atoms. The average molecular weight is 202 g/mol. The molecule has 0 spiro atoms. The zero-order valence-electron chi connectivity index (χ0n) is 9.04. The van der Waals surface area contributed by atoms with E-state index in [2.05, 4.69) is 26.0 Å². The van der Waals surface area contributed by atoms with Crippen LogP contribution in [-0.4, -0.2) is 6.79 Å². The molecule has 0 saturated heterocycles. The summed E-state index contributed by atoms with van der Waals surface area (Å²) >= 11 is 0. The van der Waals surface area contributed by atoms with E-state index >= 15 is 0 Å².